The summed E-state index contributed by atoms with van der Waals surface area (Å²) < 4.78 is 33.4. The third kappa shape index (κ3) is 5.87. The van der Waals surface area contributed by atoms with E-state index < -0.39 is 11.6 Å². The Morgan fingerprint density at radius 2 is 1.83 bits per heavy atom. The second-order valence-electron chi connectivity index (χ2n) is 6.83. The third-order valence-corrected chi connectivity index (χ3v) is 5.32. The lowest BCUT2D eigenvalue weighted by atomic mass is 10.1. The second kappa shape index (κ2) is 10.7. The van der Waals surface area contributed by atoms with E-state index in [2.05, 4.69) is 4.98 Å². The first kappa shape index (κ1) is 24.0. The summed E-state index contributed by atoms with van der Waals surface area (Å²) in [5.41, 5.74) is 0.918. The number of carbonyl (C=O) groups is 1. The molecule has 0 atom stereocenters. The monoisotopic (exact) mass is 455 g/mol. The lowest BCUT2D eigenvalue weighted by Gasteiger charge is -2.22. The molecule has 0 spiro atoms. The summed E-state index contributed by atoms with van der Waals surface area (Å²) in [6, 6.07) is 9.39. The number of hydrogen-bond donors (Lipinski definition) is 0. The maximum Gasteiger partial charge on any atom is 0.233 e. The smallest absolute Gasteiger partial charge is 0.233 e. The maximum absolute atomic E-state index is 14.1. The Kier molecular flexibility index (Phi) is 8.52. The molecule has 5 nitrogen and oxygen atoms in total. The minimum Gasteiger partial charge on any atom is -0.494 e. The molecule has 1 amide bonds. The predicted octanol–water partition coefficient (Wildman–Crippen LogP) is 4.53. The molecular formula is C21H24ClF2N3O2S. The molecule has 0 aliphatic rings. The van der Waals surface area contributed by atoms with Crippen molar-refractivity contribution in [1.29, 1.82) is 0 Å². The molecule has 2 aromatic carbocycles. The Balaban J connectivity index is 0.00000320. The van der Waals surface area contributed by atoms with Gasteiger partial charge in [-0.3, -0.25) is 9.69 Å². The number of aromatic nitrogens is 1. The molecule has 1 heterocycles. The summed E-state index contributed by atoms with van der Waals surface area (Å²) in [6.45, 7) is 3.49. The molecule has 0 aliphatic heterocycles. The van der Waals surface area contributed by atoms with Crippen LogP contribution in [0.15, 0.2) is 36.4 Å². The van der Waals surface area contributed by atoms with Gasteiger partial charge in [0.25, 0.3) is 0 Å². The number of halogens is 3. The first-order valence-electron chi connectivity index (χ1n) is 9.29. The zero-order valence-electron chi connectivity index (χ0n) is 17.0. The summed E-state index contributed by atoms with van der Waals surface area (Å²) in [4.78, 5) is 20.8. The number of ether oxygens (including phenoxy) is 1. The Morgan fingerprint density at radius 3 is 2.47 bits per heavy atom. The highest BCUT2D eigenvalue weighted by Crippen LogP contribution is 2.31. The summed E-state index contributed by atoms with van der Waals surface area (Å²) in [6.07, 6.45) is 0.173. The van der Waals surface area contributed by atoms with Crippen molar-refractivity contribution in [3.63, 3.8) is 0 Å². The number of benzene rings is 2. The highest BCUT2D eigenvalue weighted by Gasteiger charge is 2.21. The van der Waals surface area contributed by atoms with Crippen molar-refractivity contribution < 1.29 is 18.3 Å². The van der Waals surface area contributed by atoms with Crippen LogP contribution in [0.1, 0.15) is 12.5 Å². The number of nitrogens with zero attached hydrogens (tertiary/aromatic N) is 3. The van der Waals surface area contributed by atoms with Crippen LogP contribution in [0.3, 0.4) is 0 Å². The zero-order chi connectivity index (χ0) is 21.0. The molecule has 0 saturated carbocycles. The van der Waals surface area contributed by atoms with Gasteiger partial charge in [-0.25, -0.2) is 13.8 Å². The molecule has 30 heavy (non-hydrogen) atoms. The summed E-state index contributed by atoms with van der Waals surface area (Å²) >= 11 is 1.11. The summed E-state index contributed by atoms with van der Waals surface area (Å²) in [5, 5.41) is 0.363. The van der Waals surface area contributed by atoms with Gasteiger partial charge in [-0.1, -0.05) is 23.5 Å². The van der Waals surface area contributed by atoms with E-state index >= 15 is 0 Å². The van der Waals surface area contributed by atoms with Gasteiger partial charge < -0.3 is 9.64 Å². The van der Waals surface area contributed by atoms with Crippen molar-refractivity contribution >= 4 is 45.0 Å². The number of hydrogen-bond acceptors (Lipinski definition) is 5. The van der Waals surface area contributed by atoms with Gasteiger partial charge in [0.15, 0.2) is 10.9 Å². The number of thiazole rings is 1. The maximum atomic E-state index is 14.1. The average molecular weight is 456 g/mol. The fourth-order valence-corrected chi connectivity index (χ4v) is 3.88. The van der Waals surface area contributed by atoms with Crippen molar-refractivity contribution in [3.05, 3.63) is 53.6 Å². The van der Waals surface area contributed by atoms with E-state index in [0.29, 0.717) is 29.5 Å². The van der Waals surface area contributed by atoms with Crippen LogP contribution in [0.2, 0.25) is 0 Å². The molecule has 1 aromatic heterocycles. The summed E-state index contributed by atoms with van der Waals surface area (Å²) in [7, 11) is 3.81. The fourth-order valence-electron chi connectivity index (χ4n) is 2.83. The van der Waals surface area contributed by atoms with Crippen molar-refractivity contribution in [1.82, 2.24) is 9.88 Å². The van der Waals surface area contributed by atoms with E-state index in [-0.39, 0.29) is 30.3 Å². The lowest BCUT2D eigenvalue weighted by Crippen LogP contribution is -2.37. The van der Waals surface area contributed by atoms with Gasteiger partial charge in [-0.2, -0.15) is 0 Å². The van der Waals surface area contributed by atoms with E-state index in [0.717, 1.165) is 28.7 Å². The molecule has 162 valence electrons. The zero-order valence-corrected chi connectivity index (χ0v) is 18.7. The average Bonchev–Trinajstić information content (AvgIpc) is 3.07. The number of rotatable bonds is 8. The SMILES string of the molecule is CCOc1ccc(CC(=O)N(CCN(C)C)c2nc3c(F)cc(F)cc3s2)cc1.Cl. The molecular weight excluding hydrogens is 432 g/mol. The molecule has 0 bridgehead atoms. The quantitative estimate of drug-likeness (QED) is 0.500. The minimum atomic E-state index is -0.728. The van der Waals surface area contributed by atoms with Crippen LogP contribution >= 0.6 is 23.7 Å². The Labute approximate surface area is 184 Å². The topological polar surface area (TPSA) is 45.7 Å². The minimum absolute atomic E-state index is 0. The van der Waals surface area contributed by atoms with Gasteiger partial charge >= 0.3 is 0 Å². The number of carbonyl (C=O) groups excluding carboxylic acids is 1. The van der Waals surface area contributed by atoms with Gasteiger partial charge in [-0.05, 0) is 44.8 Å². The van der Waals surface area contributed by atoms with Crippen LogP contribution in [0.25, 0.3) is 10.2 Å². The van der Waals surface area contributed by atoms with Crippen LogP contribution in [-0.2, 0) is 11.2 Å². The first-order chi connectivity index (χ1) is 13.9. The van der Waals surface area contributed by atoms with E-state index in [4.69, 9.17) is 4.74 Å². The standard InChI is InChI=1S/C21H23F2N3O2S.ClH/c1-4-28-16-7-5-14(6-8-16)11-19(27)26(10-9-25(2)3)21-24-20-17(23)12-15(22)13-18(20)29-21;/h5-8,12-13H,4,9-11H2,1-3H3;1H. The highest BCUT2D eigenvalue weighted by atomic mass is 35.5. The van der Waals surface area contributed by atoms with Crippen molar-refractivity contribution in [2.45, 2.75) is 13.3 Å². The van der Waals surface area contributed by atoms with Gasteiger partial charge in [0.1, 0.15) is 17.1 Å². The normalized spacial score (nSPS) is 10.9. The van der Waals surface area contributed by atoms with Crippen molar-refractivity contribution in [2.75, 3.05) is 38.7 Å². The van der Waals surface area contributed by atoms with Gasteiger partial charge in [0, 0.05) is 19.2 Å². The number of anilines is 1. The van der Waals surface area contributed by atoms with Crippen molar-refractivity contribution in [2.24, 2.45) is 0 Å². The Hall–Kier alpha value is -2.29. The molecule has 0 N–H and O–H groups in total. The highest BCUT2D eigenvalue weighted by molar-refractivity contribution is 7.22. The Morgan fingerprint density at radius 1 is 1.13 bits per heavy atom. The van der Waals surface area contributed by atoms with Crippen molar-refractivity contribution in [3.8, 4) is 5.75 Å². The molecule has 0 unspecified atom stereocenters. The van der Waals surface area contributed by atoms with Gasteiger partial charge in [0.05, 0.1) is 17.7 Å². The van der Waals surface area contributed by atoms with E-state index in [9.17, 15) is 13.6 Å². The summed E-state index contributed by atoms with van der Waals surface area (Å²) in [5.74, 6) is -0.799. The van der Waals surface area contributed by atoms with Gasteiger partial charge in [0.2, 0.25) is 5.91 Å². The Bertz CT molecular complexity index is 996. The van der Waals surface area contributed by atoms with Crippen LogP contribution < -0.4 is 9.64 Å². The third-order valence-electron chi connectivity index (χ3n) is 4.29. The van der Waals surface area contributed by atoms with E-state index in [1.807, 2.05) is 50.2 Å². The fraction of sp³-hybridized carbons (Fsp3) is 0.333. The number of fused-ring (bicyclic) bond motifs is 1. The predicted molar refractivity (Wildman–Crippen MR) is 119 cm³/mol. The molecule has 0 fully saturated rings. The molecule has 3 rings (SSSR count). The molecule has 0 aliphatic carbocycles. The second-order valence-corrected chi connectivity index (χ2v) is 7.84. The molecule has 0 saturated heterocycles. The molecule has 0 radical (unpaired) electrons. The first-order valence-corrected chi connectivity index (χ1v) is 10.1. The molecule has 3 aromatic rings. The van der Waals surface area contributed by atoms with Crippen LogP contribution in [0.4, 0.5) is 13.9 Å². The van der Waals surface area contributed by atoms with E-state index in [1.54, 1.807) is 4.90 Å². The van der Waals surface area contributed by atoms with Crippen LogP contribution in [-0.4, -0.2) is 49.6 Å². The van der Waals surface area contributed by atoms with Crippen LogP contribution in [0, 0.1) is 11.6 Å². The van der Waals surface area contributed by atoms with Crippen LogP contribution in [0.5, 0.6) is 5.75 Å². The number of amides is 1. The van der Waals surface area contributed by atoms with E-state index in [1.165, 1.54) is 6.07 Å². The van der Waals surface area contributed by atoms with Gasteiger partial charge in [-0.15, -0.1) is 12.4 Å². The largest absolute Gasteiger partial charge is 0.494 e. The lowest BCUT2D eigenvalue weighted by molar-refractivity contribution is -0.118. The molecule has 9 heteroatoms. The number of likely N-dealkylation sites (N-methyl/N-ethyl adjacent to an activating group) is 1.